The van der Waals surface area contributed by atoms with Crippen LogP contribution in [-0.2, 0) is 0 Å². The van der Waals surface area contributed by atoms with Crippen LogP contribution in [0.1, 0.15) is 0 Å². The van der Waals surface area contributed by atoms with E-state index in [1.54, 1.807) is 0 Å². The maximum atomic E-state index is 2.34. The van der Waals surface area contributed by atoms with Crippen LogP contribution in [0.3, 0.4) is 0 Å². The summed E-state index contributed by atoms with van der Waals surface area (Å²) in [6.45, 7) is 0. The van der Waals surface area contributed by atoms with E-state index in [9.17, 15) is 0 Å². The lowest BCUT2D eigenvalue weighted by Crippen LogP contribution is -2.12. The first-order valence-corrected chi connectivity index (χ1v) is 45.2. The number of hydrogen-bond donors (Lipinski definition) is 0. The van der Waals surface area contributed by atoms with Crippen LogP contribution in [-0.4, -0.2) is 35.2 Å². The molecule has 132 heavy (non-hydrogen) atoms. The molecule has 23 aromatic rings. The molecule has 0 saturated carbocycles. The molecule has 0 N–H and O–H groups in total. The highest BCUT2D eigenvalue weighted by molar-refractivity contribution is 6.10. The summed E-state index contributed by atoms with van der Waals surface area (Å²) in [5, 5.41) is 20.2. The molecule has 0 radical (unpaired) electrons. The molecule has 23 aromatic carbocycles. The van der Waals surface area contributed by atoms with E-state index in [2.05, 4.69) is 569 Å². The fraction of sp³-hybridized carbons (Fsp3) is 0.0394. The van der Waals surface area contributed by atoms with Gasteiger partial charge < -0.3 is 24.5 Å². The third kappa shape index (κ3) is 18.4. The van der Waals surface area contributed by atoms with Crippen LogP contribution in [0.25, 0.3) is 142 Å². The Hall–Kier alpha value is -16.9. The standard InChI is InChI=1S/3C27H21N.2C23H19N/c1-28(26-17-9-14-21-12-5-7-15-24(21)26)27-19-23(20-10-3-2-4-11-20)18-22-13-6-8-16-25(22)27;1-28(26-17-9-14-20-12-5-7-15-23(20)26)27-24-16-8-6-13-22(24)18-19-25(27)21-10-3-2-4-11-21;1-28(26-17-9-13-21-12-5-6-14-23(21)26)27-19-18-22(20-10-3-2-4-11-20)24-15-7-8-16-25(24)27;1-24(20-12-6-3-7-13-20)21-16-15-19-11-8-14-22(23(19)17-21)18-9-4-2-5-10-18;1-24(22-10-6-3-7-11-22)23-15-14-19-12-13-20(16-21(19)17-23)18-8-4-2-5-9-18/h3*2-19H,1H3;2*2-17H,1H3. The molecule has 0 fully saturated rings. The normalized spacial score (nSPS) is 10.9. The first kappa shape index (κ1) is 84.6. The Labute approximate surface area is 774 Å². The Bertz CT molecular complexity index is 7890. The van der Waals surface area contributed by atoms with Crippen LogP contribution in [0.2, 0.25) is 0 Å². The van der Waals surface area contributed by atoms with Crippen LogP contribution < -0.4 is 24.5 Å². The second-order valence-electron chi connectivity index (χ2n) is 33.3. The number of anilines is 10. The smallest absolute Gasteiger partial charge is 0.0567 e. The van der Waals surface area contributed by atoms with Gasteiger partial charge >= 0.3 is 0 Å². The van der Waals surface area contributed by atoms with Crippen molar-refractivity contribution in [3.8, 4) is 55.6 Å². The molecule has 0 bridgehead atoms. The number of benzene rings is 23. The number of nitrogens with zero attached hydrogens (tertiary/aromatic N) is 5. The minimum absolute atomic E-state index is 1.19. The van der Waals surface area contributed by atoms with Crippen LogP contribution in [0.15, 0.2) is 522 Å². The number of para-hydroxylation sites is 2. The lowest BCUT2D eigenvalue weighted by molar-refractivity contribution is 1.21. The van der Waals surface area contributed by atoms with Gasteiger partial charge in [-0.2, -0.15) is 0 Å². The largest absolute Gasteiger partial charge is 0.345 e. The molecule has 0 aliphatic heterocycles. The quantitative estimate of drug-likeness (QED) is 0.101. The summed E-state index contributed by atoms with van der Waals surface area (Å²) in [6, 6.07) is 185. The zero-order valence-corrected chi connectivity index (χ0v) is 74.9. The molecular weight excluding hydrogens is 1600 g/mol. The Kier molecular flexibility index (Phi) is 25.4. The first-order chi connectivity index (χ1) is 65.1. The van der Waals surface area contributed by atoms with Gasteiger partial charge in [0.05, 0.1) is 5.69 Å². The molecule has 0 aliphatic rings. The maximum absolute atomic E-state index is 2.34. The lowest BCUT2D eigenvalue weighted by Gasteiger charge is -2.26. The van der Waals surface area contributed by atoms with Crippen molar-refractivity contribution >= 4 is 143 Å². The van der Waals surface area contributed by atoms with E-state index in [1.165, 1.54) is 199 Å². The minimum Gasteiger partial charge on any atom is -0.345 e. The number of rotatable bonds is 15. The fourth-order valence-corrected chi connectivity index (χ4v) is 18.4. The predicted molar refractivity (Wildman–Crippen MR) is 572 cm³/mol. The van der Waals surface area contributed by atoms with Gasteiger partial charge in [-0.3, -0.25) is 0 Å². The Morgan fingerprint density at radius 3 is 0.932 bits per heavy atom. The van der Waals surface area contributed by atoms with Crippen LogP contribution in [0.5, 0.6) is 0 Å². The summed E-state index contributed by atoms with van der Waals surface area (Å²) in [5.74, 6) is 0. The second kappa shape index (κ2) is 39.6. The zero-order chi connectivity index (χ0) is 89.5. The zero-order valence-electron chi connectivity index (χ0n) is 74.9. The summed E-state index contributed by atoms with van der Waals surface area (Å²) in [6.07, 6.45) is 0. The summed E-state index contributed by atoms with van der Waals surface area (Å²) in [4.78, 5) is 11.4. The highest BCUT2D eigenvalue weighted by Gasteiger charge is 2.20. The molecule has 0 atom stereocenters. The topological polar surface area (TPSA) is 16.2 Å². The van der Waals surface area contributed by atoms with Gasteiger partial charge in [-0.25, -0.2) is 0 Å². The third-order valence-electron chi connectivity index (χ3n) is 25.3. The van der Waals surface area contributed by atoms with E-state index >= 15 is 0 Å². The van der Waals surface area contributed by atoms with Gasteiger partial charge in [0.2, 0.25) is 0 Å². The lowest BCUT2D eigenvalue weighted by atomic mass is 9.96. The summed E-state index contributed by atoms with van der Waals surface area (Å²) in [7, 11) is 10.7. The SMILES string of the molecule is CN(c1cccc2ccccc12)c1c(-c2ccccc2)ccc2ccccc12.CN(c1cccc2ccccc12)c1cc(-c2ccccc2)cc2ccccc12.CN(c1cccc2ccccc12)c1ccc(-c2ccccc2)c2ccccc12.CN(c1ccccc1)c1ccc2ccc(-c3ccccc3)cc2c1.CN(c1ccccc1)c1ccc2cccc(-c3ccccc3)c2c1. The summed E-state index contributed by atoms with van der Waals surface area (Å²) in [5.41, 5.74) is 24.6. The average Bonchev–Trinajstić information content (AvgIpc) is 0.768. The average molecular weight is 1700 g/mol. The molecular formula is C127H101N5. The highest BCUT2D eigenvalue weighted by Crippen LogP contribution is 2.46. The van der Waals surface area contributed by atoms with Crippen molar-refractivity contribution in [3.05, 3.63) is 522 Å². The fourth-order valence-electron chi connectivity index (χ4n) is 18.4. The first-order valence-electron chi connectivity index (χ1n) is 45.2. The van der Waals surface area contributed by atoms with Crippen molar-refractivity contribution in [2.45, 2.75) is 0 Å². The molecule has 634 valence electrons. The minimum atomic E-state index is 1.19. The van der Waals surface area contributed by atoms with Gasteiger partial charge in [0.15, 0.2) is 0 Å². The van der Waals surface area contributed by atoms with Gasteiger partial charge in [-0.15, -0.1) is 0 Å². The van der Waals surface area contributed by atoms with E-state index in [0.717, 1.165) is 0 Å². The van der Waals surface area contributed by atoms with Crippen molar-refractivity contribution in [1.29, 1.82) is 0 Å². The van der Waals surface area contributed by atoms with Crippen molar-refractivity contribution in [2.75, 3.05) is 59.7 Å². The van der Waals surface area contributed by atoms with Gasteiger partial charge in [0.1, 0.15) is 0 Å². The molecule has 0 saturated heterocycles. The van der Waals surface area contributed by atoms with Gasteiger partial charge in [0.25, 0.3) is 0 Å². The molecule has 5 heteroatoms. The van der Waals surface area contributed by atoms with E-state index < -0.39 is 0 Å². The Balaban J connectivity index is 0.000000107. The van der Waals surface area contributed by atoms with Crippen LogP contribution in [0, 0.1) is 0 Å². The number of hydrogen-bond acceptors (Lipinski definition) is 5. The molecule has 0 aromatic heterocycles. The van der Waals surface area contributed by atoms with Crippen LogP contribution >= 0.6 is 0 Å². The molecule has 0 aliphatic carbocycles. The van der Waals surface area contributed by atoms with Crippen molar-refractivity contribution in [2.24, 2.45) is 0 Å². The third-order valence-corrected chi connectivity index (χ3v) is 25.3. The van der Waals surface area contributed by atoms with Gasteiger partial charge in [-0.1, -0.05) is 431 Å². The van der Waals surface area contributed by atoms with Crippen molar-refractivity contribution in [1.82, 2.24) is 0 Å². The van der Waals surface area contributed by atoms with Gasteiger partial charge in [-0.05, 0) is 195 Å². The molecule has 0 heterocycles. The van der Waals surface area contributed by atoms with Gasteiger partial charge in [0, 0.05) is 124 Å². The maximum Gasteiger partial charge on any atom is 0.0567 e. The van der Waals surface area contributed by atoms with E-state index in [0.29, 0.717) is 0 Å². The van der Waals surface area contributed by atoms with E-state index in [-0.39, 0.29) is 0 Å². The molecule has 23 rings (SSSR count). The second-order valence-corrected chi connectivity index (χ2v) is 33.3. The predicted octanol–water partition coefficient (Wildman–Crippen LogP) is 34.8. The van der Waals surface area contributed by atoms with Crippen molar-refractivity contribution < 1.29 is 0 Å². The molecule has 0 amide bonds. The van der Waals surface area contributed by atoms with E-state index in [1.807, 2.05) is 12.1 Å². The van der Waals surface area contributed by atoms with Crippen molar-refractivity contribution in [3.63, 3.8) is 0 Å². The summed E-state index contributed by atoms with van der Waals surface area (Å²) >= 11 is 0. The van der Waals surface area contributed by atoms with Crippen LogP contribution in [0.4, 0.5) is 56.9 Å². The molecule has 5 nitrogen and oxygen atoms in total. The Morgan fingerprint density at radius 1 is 0.121 bits per heavy atom. The van der Waals surface area contributed by atoms with E-state index in [4.69, 9.17) is 0 Å². The monoisotopic (exact) mass is 1700 g/mol. The summed E-state index contributed by atoms with van der Waals surface area (Å²) < 4.78 is 0. The Morgan fingerprint density at radius 2 is 0.432 bits per heavy atom. The molecule has 0 unspecified atom stereocenters. The highest BCUT2D eigenvalue weighted by atomic mass is 15.1. The molecule has 0 spiro atoms. The number of fused-ring (bicyclic) bond motifs is 8.